The van der Waals surface area contributed by atoms with E-state index in [9.17, 15) is 19.7 Å². The average Bonchev–Trinajstić information content (AvgIpc) is 3.09. The molecule has 1 aromatic carbocycles. The topological polar surface area (TPSA) is 89.8 Å². The number of amides is 2. The number of hydrogen-bond donors (Lipinski definition) is 0. The van der Waals surface area contributed by atoms with E-state index < -0.39 is 28.5 Å². The number of ether oxygens (including phenoxy) is 1. The van der Waals surface area contributed by atoms with Gasteiger partial charge in [0, 0.05) is 11.6 Å². The first kappa shape index (κ1) is 14.1. The number of rotatable bonds is 2. The number of imide groups is 1. The fourth-order valence-electron chi connectivity index (χ4n) is 3.84. The van der Waals surface area contributed by atoms with Crippen molar-refractivity contribution in [2.75, 3.05) is 4.90 Å². The molecule has 0 N–H and O–H groups in total. The molecule has 2 fully saturated rings. The van der Waals surface area contributed by atoms with Crippen LogP contribution in [0.4, 0.5) is 11.4 Å². The van der Waals surface area contributed by atoms with E-state index in [1.807, 2.05) is 12.2 Å². The van der Waals surface area contributed by atoms with Gasteiger partial charge in [-0.25, -0.2) is 4.90 Å². The molecular formula is C16H14N2O5. The summed E-state index contributed by atoms with van der Waals surface area (Å²) >= 11 is 0. The van der Waals surface area contributed by atoms with Gasteiger partial charge in [0.1, 0.15) is 0 Å². The van der Waals surface area contributed by atoms with Crippen molar-refractivity contribution in [3.8, 4) is 0 Å². The molecule has 7 heteroatoms. The van der Waals surface area contributed by atoms with Crippen molar-refractivity contribution in [3.05, 3.63) is 46.0 Å². The fourth-order valence-corrected chi connectivity index (χ4v) is 3.84. The van der Waals surface area contributed by atoms with Gasteiger partial charge in [-0.05, 0) is 19.9 Å². The summed E-state index contributed by atoms with van der Waals surface area (Å²) in [7, 11) is 0. The molecule has 3 aliphatic heterocycles. The Morgan fingerprint density at radius 2 is 2.04 bits per heavy atom. The molecule has 0 aromatic heterocycles. The SMILES string of the molecule is Cc1ccc(N2C(=O)[C@@H]3[C@@H](C2=O)[C@@]2(C)C=C[C@H]3O2)cc1[N+](=O)[O-]. The van der Waals surface area contributed by atoms with E-state index in [2.05, 4.69) is 0 Å². The first-order valence-electron chi connectivity index (χ1n) is 7.33. The molecule has 0 saturated carbocycles. The Morgan fingerprint density at radius 3 is 2.70 bits per heavy atom. The van der Waals surface area contributed by atoms with Crippen LogP contribution in [0.1, 0.15) is 12.5 Å². The first-order chi connectivity index (χ1) is 10.8. The monoisotopic (exact) mass is 314 g/mol. The predicted octanol–water partition coefficient (Wildman–Crippen LogP) is 1.74. The number of aryl methyl sites for hydroxylation is 1. The van der Waals surface area contributed by atoms with Crippen LogP contribution in [0.5, 0.6) is 0 Å². The fraction of sp³-hybridized carbons (Fsp3) is 0.375. The minimum atomic E-state index is -0.770. The van der Waals surface area contributed by atoms with E-state index in [1.165, 1.54) is 6.07 Å². The molecule has 0 radical (unpaired) electrons. The molecule has 3 heterocycles. The second-order valence-corrected chi connectivity index (χ2v) is 6.37. The Hall–Kier alpha value is -2.54. The Kier molecular flexibility index (Phi) is 2.61. The summed E-state index contributed by atoms with van der Waals surface area (Å²) < 4.78 is 5.75. The number of hydrogen-bond acceptors (Lipinski definition) is 5. The van der Waals surface area contributed by atoms with Gasteiger partial charge in [-0.2, -0.15) is 0 Å². The molecule has 0 unspecified atom stereocenters. The highest BCUT2D eigenvalue weighted by Crippen LogP contribution is 2.52. The quantitative estimate of drug-likeness (QED) is 0.359. The van der Waals surface area contributed by atoms with Crippen LogP contribution in [0.25, 0.3) is 0 Å². The molecular weight excluding hydrogens is 300 g/mol. The maximum atomic E-state index is 12.8. The van der Waals surface area contributed by atoms with E-state index in [0.29, 0.717) is 5.56 Å². The second-order valence-electron chi connectivity index (χ2n) is 6.37. The lowest BCUT2D eigenvalue weighted by atomic mass is 9.78. The van der Waals surface area contributed by atoms with E-state index in [4.69, 9.17) is 4.74 Å². The van der Waals surface area contributed by atoms with Gasteiger partial charge in [-0.15, -0.1) is 0 Å². The summed E-state index contributed by atoms with van der Waals surface area (Å²) in [5, 5.41) is 11.1. The molecule has 2 saturated heterocycles. The molecule has 4 rings (SSSR count). The third-order valence-corrected chi connectivity index (χ3v) is 4.98. The third-order valence-electron chi connectivity index (χ3n) is 4.98. The first-order valence-corrected chi connectivity index (χ1v) is 7.33. The molecule has 3 aliphatic rings. The maximum absolute atomic E-state index is 12.8. The zero-order chi connectivity index (χ0) is 16.5. The minimum absolute atomic E-state index is 0.108. The van der Waals surface area contributed by atoms with Crippen molar-refractivity contribution in [1.29, 1.82) is 0 Å². The van der Waals surface area contributed by atoms with Crippen LogP contribution in [0, 0.1) is 28.9 Å². The summed E-state index contributed by atoms with van der Waals surface area (Å²) in [6.45, 7) is 3.41. The zero-order valence-corrected chi connectivity index (χ0v) is 12.6. The number of carbonyl (C=O) groups excluding carboxylic acids is 2. The summed E-state index contributed by atoms with van der Waals surface area (Å²) in [4.78, 5) is 37.2. The lowest BCUT2D eigenvalue weighted by Gasteiger charge is -2.24. The molecule has 2 amide bonds. The van der Waals surface area contributed by atoms with Gasteiger partial charge < -0.3 is 4.74 Å². The normalized spacial score (nSPS) is 34.3. The van der Waals surface area contributed by atoms with Crippen molar-refractivity contribution < 1.29 is 19.2 Å². The summed E-state index contributed by atoms with van der Waals surface area (Å²) in [5.74, 6) is -1.81. The lowest BCUT2D eigenvalue weighted by molar-refractivity contribution is -0.385. The highest BCUT2D eigenvalue weighted by molar-refractivity contribution is 6.23. The zero-order valence-electron chi connectivity index (χ0n) is 12.6. The molecule has 118 valence electrons. The number of anilines is 1. The van der Waals surface area contributed by atoms with Crippen LogP contribution in [0.2, 0.25) is 0 Å². The van der Waals surface area contributed by atoms with Gasteiger partial charge in [0.2, 0.25) is 11.8 Å². The Balaban J connectivity index is 1.78. The van der Waals surface area contributed by atoms with Gasteiger partial charge >= 0.3 is 0 Å². The number of fused-ring (bicyclic) bond motifs is 5. The van der Waals surface area contributed by atoms with Crippen LogP contribution in [0.3, 0.4) is 0 Å². The molecule has 23 heavy (non-hydrogen) atoms. The van der Waals surface area contributed by atoms with Crippen molar-refractivity contribution in [2.24, 2.45) is 11.8 Å². The standard InChI is InChI=1S/C16H14N2O5/c1-8-3-4-9(7-10(8)18(21)22)17-14(19)12-11-5-6-16(2,23-11)13(12)15(17)20/h3-7,11-13H,1-2H3/t11-,12+,13+,16-/m1/s1. The molecule has 0 spiro atoms. The number of nitro benzene ring substituents is 1. The molecule has 1 aromatic rings. The highest BCUT2D eigenvalue weighted by atomic mass is 16.6. The summed E-state index contributed by atoms with van der Waals surface area (Å²) in [6, 6.07) is 4.40. The molecule has 4 atom stereocenters. The number of nitrogens with zero attached hydrogens (tertiary/aromatic N) is 2. The van der Waals surface area contributed by atoms with Crippen LogP contribution in [-0.2, 0) is 14.3 Å². The predicted molar refractivity (Wildman–Crippen MR) is 79.7 cm³/mol. The van der Waals surface area contributed by atoms with Crippen molar-refractivity contribution in [1.82, 2.24) is 0 Å². The number of carbonyl (C=O) groups is 2. The van der Waals surface area contributed by atoms with Gasteiger partial charge in [0.15, 0.2) is 0 Å². The van der Waals surface area contributed by atoms with E-state index in [1.54, 1.807) is 26.0 Å². The molecule has 2 bridgehead atoms. The number of nitro groups is 1. The summed E-state index contributed by atoms with van der Waals surface area (Å²) in [5.41, 5.74) is -0.151. The van der Waals surface area contributed by atoms with Crippen molar-refractivity contribution in [3.63, 3.8) is 0 Å². The summed E-state index contributed by atoms with van der Waals surface area (Å²) in [6.07, 6.45) is 3.24. The maximum Gasteiger partial charge on any atom is 0.274 e. The van der Waals surface area contributed by atoms with E-state index >= 15 is 0 Å². The van der Waals surface area contributed by atoms with Crippen LogP contribution in [-0.4, -0.2) is 28.4 Å². The van der Waals surface area contributed by atoms with Crippen LogP contribution >= 0.6 is 0 Å². The van der Waals surface area contributed by atoms with Crippen molar-refractivity contribution in [2.45, 2.75) is 25.6 Å². The third kappa shape index (κ3) is 1.68. The Bertz CT molecular complexity index is 802. The Morgan fingerprint density at radius 1 is 1.30 bits per heavy atom. The molecule has 7 nitrogen and oxygen atoms in total. The van der Waals surface area contributed by atoms with Crippen LogP contribution in [0.15, 0.2) is 30.4 Å². The van der Waals surface area contributed by atoms with Crippen molar-refractivity contribution >= 4 is 23.2 Å². The van der Waals surface area contributed by atoms with Crippen LogP contribution < -0.4 is 4.90 Å². The Labute approximate surface area is 131 Å². The highest BCUT2D eigenvalue weighted by Gasteiger charge is 2.66. The van der Waals surface area contributed by atoms with Gasteiger partial charge in [-0.3, -0.25) is 19.7 Å². The van der Waals surface area contributed by atoms with Gasteiger partial charge in [0.05, 0.1) is 34.2 Å². The van der Waals surface area contributed by atoms with Gasteiger partial charge in [-0.1, -0.05) is 18.2 Å². The number of benzene rings is 1. The minimum Gasteiger partial charge on any atom is -0.362 e. The smallest absolute Gasteiger partial charge is 0.274 e. The van der Waals surface area contributed by atoms with E-state index in [-0.39, 0.29) is 23.2 Å². The van der Waals surface area contributed by atoms with Gasteiger partial charge in [0.25, 0.3) is 5.69 Å². The lowest BCUT2D eigenvalue weighted by Crippen LogP contribution is -2.38. The van der Waals surface area contributed by atoms with E-state index in [0.717, 1.165) is 4.90 Å². The molecule has 0 aliphatic carbocycles. The largest absolute Gasteiger partial charge is 0.362 e. The average molecular weight is 314 g/mol. The second kappa shape index (κ2) is 4.26.